The van der Waals surface area contributed by atoms with Crippen molar-refractivity contribution in [1.82, 2.24) is 0 Å². The maximum Gasteiger partial charge on any atom is 4.00 e. The average molecular weight is 323 g/mol. The normalized spacial score (nSPS) is 0. The molecule has 0 heterocycles. The topological polar surface area (TPSA) is 57.0 Å². The van der Waals surface area contributed by atoms with E-state index in [1.54, 1.807) is 0 Å². The fourth-order valence-electron chi connectivity index (χ4n) is 0. The molecule has 24 valence electrons. The molecule has 0 aromatic carbocycles. The molecule has 0 aliphatic carbocycles. The Balaban J connectivity index is 0. The van der Waals surface area contributed by atoms with E-state index in [-0.39, 0.29) is 75.5 Å². The Hall–Kier alpha value is 2.04. The molecule has 0 rings (SSSR count). The quantitative estimate of drug-likeness (QED) is 0.553. The molecule has 5 heavy (non-hydrogen) atoms. The van der Waals surface area contributed by atoms with Crippen molar-refractivity contribution in [2.45, 2.75) is 0 Å². The largest absolute Gasteiger partial charge is 4.00 e. The van der Waals surface area contributed by atoms with Crippen LogP contribution in [0.2, 0.25) is 0 Å². The third-order valence-electron chi connectivity index (χ3n) is 0. The monoisotopic (exact) mass is 323 g/mol. The zero-order valence-electron chi connectivity index (χ0n) is 2.13. The standard InChI is InChI=1S/2O.Pt.2Ti/q2*-2;+2;2*+4. The molecule has 0 spiro atoms. The van der Waals surface area contributed by atoms with E-state index < -0.39 is 0 Å². The van der Waals surface area contributed by atoms with Crippen molar-refractivity contribution in [3.05, 3.63) is 0 Å². The van der Waals surface area contributed by atoms with Crippen LogP contribution in [-0.2, 0) is 75.5 Å². The van der Waals surface area contributed by atoms with E-state index in [0.29, 0.717) is 0 Å². The Kier molecular flexibility index (Phi) is 456. The van der Waals surface area contributed by atoms with Gasteiger partial charge < -0.3 is 11.0 Å². The van der Waals surface area contributed by atoms with E-state index >= 15 is 0 Å². The number of hydrogen-bond acceptors (Lipinski definition) is 0. The van der Waals surface area contributed by atoms with E-state index in [9.17, 15) is 0 Å². The van der Waals surface area contributed by atoms with Crippen molar-refractivity contribution in [3.63, 3.8) is 0 Å². The van der Waals surface area contributed by atoms with Crippen molar-refractivity contribution < 1.29 is 75.5 Å². The van der Waals surface area contributed by atoms with Gasteiger partial charge in [-0.2, -0.15) is 0 Å². The molecule has 0 aliphatic rings. The van der Waals surface area contributed by atoms with E-state index in [1.807, 2.05) is 0 Å². The van der Waals surface area contributed by atoms with Gasteiger partial charge >= 0.3 is 64.5 Å². The second-order valence-corrected chi connectivity index (χ2v) is 0. The maximum absolute atomic E-state index is 0. The summed E-state index contributed by atoms with van der Waals surface area (Å²) in [6.45, 7) is 0. The van der Waals surface area contributed by atoms with Crippen LogP contribution in [0.5, 0.6) is 0 Å². The fraction of sp³-hybridized carbons (Fsp3) is 0. The summed E-state index contributed by atoms with van der Waals surface area (Å²) in [5.41, 5.74) is 0. The van der Waals surface area contributed by atoms with Gasteiger partial charge in [-0.25, -0.2) is 0 Å². The van der Waals surface area contributed by atoms with Gasteiger partial charge in [0.1, 0.15) is 0 Å². The van der Waals surface area contributed by atoms with Crippen LogP contribution in [0.3, 0.4) is 0 Å². The molecular weight excluding hydrogens is 323 g/mol. The van der Waals surface area contributed by atoms with Crippen LogP contribution >= 0.6 is 0 Å². The number of rotatable bonds is 0. The van der Waals surface area contributed by atoms with E-state index in [2.05, 4.69) is 0 Å². The van der Waals surface area contributed by atoms with E-state index in [1.165, 1.54) is 0 Å². The van der Waals surface area contributed by atoms with Gasteiger partial charge in [-0.1, -0.05) is 0 Å². The van der Waals surface area contributed by atoms with Gasteiger partial charge in [-0.05, 0) is 0 Å². The second-order valence-electron chi connectivity index (χ2n) is 0. The van der Waals surface area contributed by atoms with Crippen molar-refractivity contribution in [1.29, 1.82) is 0 Å². The van der Waals surface area contributed by atoms with Crippen molar-refractivity contribution in [3.8, 4) is 0 Å². The zero-order chi connectivity index (χ0) is 0. The van der Waals surface area contributed by atoms with E-state index in [0.717, 1.165) is 0 Å². The molecule has 0 fully saturated rings. The molecule has 0 unspecified atom stereocenters. The molecular formula is O2PtTi2+6. The van der Waals surface area contributed by atoms with Gasteiger partial charge in [0.2, 0.25) is 0 Å². The minimum atomic E-state index is 0. The fourth-order valence-corrected chi connectivity index (χ4v) is 0. The Labute approximate surface area is 74.7 Å². The van der Waals surface area contributed by atoms with Crippen LogP contribution in [0.15, 0.2) is 0 Å². The van der Waals surface area contributed by atoms with Crippen LogP contribution in [-0.4, -0.2) is 0 Å². The number of hydrogen-bond donors (Lipinski definition) is 0. The molecule has 0 saturated carbocycles. The molecule has 0 aliphatic heterocycles. The maximum atomic E-state index is 0. The zero-order valence-corrected chi connectivity index (χ0v) is 7.53. The first kappa shape index (κ1) is 61.8. The molecule has 0 bridgehead atoms. The SMILES string of the molecule is [O-2].[O-2].[Pt+2].[Ti+4].[Ti+4]. The predicted molar refractivity (Wildman–Crippen MR) is 1.37 cm³/mol. The van der Waals surface area contributed by atoms with Crippen LogP contribution in [0, 0.1) is 0 Å². The first-order valence-corrected chi connectivity index (χ1v) is 0. The predicted octanol–water partition coefficient (Wildman–Crippen LogP) is -0.245. The Bertz CT molecular complexity index is 7.61. The summed E-state index contributed by atoms with van der Waals surface area (Å²) >= 11 is 0. The van der Waals surface area contributed by atoms with Gasteiger partial charge in [0.05, 0.1) is 0 Å². The summed E-state index contributed by atoms with van der Waals surface area (Å²) in [6, 6.07) is 0. The van der Waals surface area contributed by atoms with Crippen molar-refractivity contribution >= 4 is 0 Å². The third-order valence-corrected chi connectivity index (χ3v) is 0. The Morgan fingerprint density at radius 3 is 0.600 bits per heavy atom. The van der Waals surface area contributed by atoms with Gasteiger partial charge in [-0.15, -0.1) is 0 Å². The smallest absolute Gasteiger partial charge is 2.00 e. The summed E-state index contributed by atoms with van der Waals surface area (Å²) in [5, 5.41) is 0. The second kappa shape index (κ2) is 36.9. The summed E-state index contributed by atoms with van der Waals surface area (Å²) in [4.78, 5) is 0. The minimum absolute atomic E-state index is 0. The Morgan fingerprint density at radius 2 is 0.600 bits per heavy atom. The third kappa shape index (κ3) is 23.7. The summed E-state index contributed by atoms with van der Waals surface area (Å²) in [5.74, 6) is 0. The molecule has 2 nitrogen and oxygen atoms in total. The minimum Gasteiger partial charge on any atom is -2.00 e. The molecule has 5 heteroatoms. The van der Waals surface area contributed by atoms with Gasteiger partial charge in [0.25, 0.3) is 0 Å². The van der Waals surface area contributed by atoms with Gasteiger partial charge in [0.15, 0.2) is 0 Å². The Morgan fingerprint density at radius 1 is 0.600 bits per heavy atom. The van der Waals surface area contributed by atoms with Gasteiger partial charge in [-0.3, -0.25) is 0 Å². The first-order valence-electron chi connectivity index (χ1n) is 0. The first-order chi connectivity index (χ1) is 0. The van der Waals surface area contributed by atoms with Crippen LogP contribution < -0.4 is 0 Å². The molecule has 0 N–H and O–H groups in total. The molecule has 0 aromatic heterocycles. The average Bonchev–Trinajstić information content (AvgIpc) is 0. The van der Waals surface area contributed by atoms with Crippen molar-refractivity contribution in [2.75, 3.05) is 0 Å². The van der Waals surface area contributed by atoms with Crippen molar-refractivity contribution in [2.24, 2.45) is 0 Å². The molecule has 0 radical (unpaired) electrons. The molecule has 0 amide bonds. The van der Waals surface area contributed by atoms with Gasteiger partial charge in [0, 0.05) is 0 Å². The molecule has 0 aromatic rings. The van der Waals surface area contributed by atoms with Crippen LogP contribution in [0.1, 0.15) is 0 Å². The molecule has 0 atom stereocenters. The van der Waals surface area contributed by atoms with E-state index in [4.69, 9.17) is 0 Å². The summed E-state index contributed by atoms with van der Waals surface area (Å²) in [7, 11) is 0. The summed E-state index contributed by atoms with van der Waals surface area (Å²) < 4.78 is 0. The van der Waals surface area contributed by atoms with Crippen LogP contribution in [0.25, 0.3) is 0 Å². The van der Waals surface area contributed by atoms with Crippen LogP contribution in [0.4, 0.5) is 0 Å². The summed E-state index contributed by atoms with van der Waals surface area (Å²) in [6.07, 6.45) is 0. The molecule has 0 saturated heterocycles.